The lowest BCUT2D eigenvalue weighted by Crippen LogP contribution is -1.86. The normalized spacial score (nSPS) is 10.2. The number of hydrogen-bond donors (Lipinski definition) is 0. The third kappa shape index (κ3) is 1.88. The predicted octanol–water partition coefficient (Wildman–Crippen LogP) is 3.16. The van der Waals surface area contributed by atoms with Crippen molar-refractivity contribution in [2.45, 2.75) is 6.92 Å². The average molecular weight is 203 g/mol. The van der Waals surface area contributed by atoms with Crippen LogP contribution in [0.25, 0.3) is 11.3 Å². The van der Waals surface area contributed by atoms with Crippen molar-refractivity contribution in [1.29, 1.82) is 0 Å². The van der Waals surface area contributed by atoms with Gasteiger partial charge in [0.25, 0.3) is 5.69 Å². The smallest absolute Gasteiger partial charge is 0.269 e. The number of nitro groups is 1. The van der Waals surface area contributed by atoms with Gasteiger partial charge in [0.05, 0.1) is 11.2 Å². The van der Waals surface area contributed by atoms with Crippen LogP contribution in [-0.2, 0) is 0 Å². The molecular weight excluding hydrogens is 194 g/mol. The number of furan rings is 1. The summed E-state index contributed by atoms with van der Waals surface area (Å²) in [6.07, 6.45) is 1.65. The molecule has 0 radical (unpaired) electrons. The van der Waals surface area contributed by atoms with Gasteiger partial charge in [-0.2, -0.15) is 0 Å². The fourth-order valence-electron chi connectivity index (χ4n) is 1.33. The van der Waals surface area contributed by atoms with Crippen molar-refractivity contribution >= 4 is 5.69 Å². The zero-order valence-corrected chi connectivity index (χ0v) is 8.14. The van der Waals surface area contributed by atoms with Crippen LogP contribution in [0.2, 0.25) is 0 Å². The fourth-order valence-corrected chi connectivity index (χ4v) is 1.33. The van der Waals surface area contributed by atoms with Gasteiger partial charge < -0.3 is 4.42 Å². The lowest BCUT2D eigenvalue weighted by Gasteiger charge is -1.95. The molecule has 0 amide bonds. The second-order valence-electron chi connectivity index (χ2n) is 3.29. The number of non-ortho nitro benzene ring substituents is 1. The molecule has 76 valence electrons. The van der Waals surface area contributed by atoms with E-state index in [9.17, 15) is 10.1 Å². The Labute approximate surface area is 86.3 Å². The Morgan fingerprint density at radius 2 is 1.93 bits per heavy atom. The molecule has 4 heteroatoms. The van der Waals surface area contributed by atoms with Crippen LogP contribution in [-0.4, -0.2) is 4.92 Å². The number of aryl methyl sites for hydroxylation is 1. The summed E-state index contributed by atoms with van der Waals surface area (Å²) in [6, 6.07) is 8.17. The highest BCUT2D eigenvalue weighted by Crippen LogP contribution is 2.23. The quantitative estimate of drug-likeness (QED) is 0.556. The van der Waals surface area contributed by atoms with Crippen molar-refractivity contribution < 1.29 is 9.34 Å². The molecule has 0 bridgehead atoms. The number of rotatable bonds is 2. The molecule has 0 N–H and O–H groups in total. The first-order valence-electron chi connectivity index (χ1n) is 4.47. The standard InChI is InChI=1S/C11H9NO3/c1-8-6-11(15-7-8)9-2-4-10(5-3-9)12(13)14/h2-7H,1H3. The number of nitrogens with zero attached hydrogens (tertiary/aromatic N) is 1. The Balaban J connectivity index is 2.35. The molecule has 0 unspecified atom stereocenters. The highest BCUT2D eigenvalue weighted by Gasteiger charge is 2.06. The molecule has 0 atom stereocenters. The Hall–Kier alpha value is -2.10. The molecule has 1 aromatic heterocycles. The lowest BCUT2D eigenvalue weighted by atomic mass is 10.1. The van der Waals surface area contributed by atoms with Crippen molar-refractivity contribution in [3.63, 3.8) is 0 Å². The zero-order chi connectivity index (χ0) is 10.8. The summed E-state index contributed by atoms with van der Waals surface area (Å²) in [6.45, 7) is 1.93. The van der Waals surface area contributed by atoms with Gasteiger partial charge in [-0.15, -0.1) is 0 Å². The monoisotopic (exact) mass is 203 g/mol. The van der Waals surface area contributed by atoms with E-state index in [4.69, 9.17) is 4.42 Å². The van der Waals surface area contributed by atoms with Crippen molar-refractivity contribution in [2.24, 2.45) is 0 Å². The maximum absolute atomic E-state index is 10.4. The number of benzene rings is 1. The van der Waals surface area contributed by atoms with Crippen molar-refractivity contribution in [1.82, 2.24) is 0 Å². The van der Waals surface area contributed by atoms with E-state index in [0.717, 1.165) is 16.9 Å². The molecule has 4 nitrogen and oxygen atoms in total. The summed E-state index contributed by atoms with van der Waals surface area (Å²) in [5.41, 5.74) is 1.96. The first kappa shape index (κ1) is 9.45. The van der Waals surface area contributed by atoms with Gasteiger partial charge in [0, 0.05) is 17.7 Å². The van der Waals surface area contributed by atoms with E-state index in [1.54, 1.807) is 18.4 Å². The molecule has 0 saturated carbocycles. The van der Waals surface area contributed by atoms with E-state index < -0.39 is 4.92 Å². The summed E-state index contributed by atoms with van der Waals surface area (Å²) in [4.78, 5) is 10.0. The molecule has 1 aromatic carbocycles. The van der Waals surface area contributed by atoms with E-state index >= 15 is 0 Å². The molecule has 0 aliphatic rings. The Kier molecular flexibility index (Phi) is 2.25. The van der Waals surface area contributed by atoms with Crippen molar-refractivity contribution in [3.05, 3.63) is 52.3 Å². The van der Waals surface area contributed by atoms with E-state index in [0.29, 0.717) is 0 Å². The summed E-state index contributed by atoms with van der Waals surface area (Å²) in [7, 11) is 0. The van der Waals surface area contributed by atoms with Gasteiger partial charge >= 0.3 is 0 Å². The van der Waals surface area contributed by atoms with Gasteiger partial charge in [-0.05, 0) is 30.7 Å². The average Bonchev–Trinajstić information content (AvgIpc) is 2.65. The third-order valence-electron chi connectivity index (χ3n) is 2.09. The molecule has 15 heavy (non-hydrogen) atoms. The van der Waals surface area contributed by atoms with Crippen LogP contribution < -0.4 is 0 Å². The maximum Gasteiger partial charge on any atom is 0.269 e. The fraction of sp³-hybridized carbons (Fsp3) is 0.0909. The minimum absolute atomic E-state index is 0.0852. The van der Waals surface area contributed by atoms with Crippen LogP contribution in [0.4, 0.5) is 5.69 Å². The molecule has 0 fully saturated rings. The molecule has 1 heterocycles. The van der Waals surface area contributed by atoms with Gasteiger partial charge in [-0.1, -0.05) is 0 Å². The van der Waals surface area contributed by atoms with Crippen LogP contribution in [0.3, 0.4) is 0 Å². The van der Waals surface area contributed by atoms with Gasteiger partial charge in [0.1, 0.15) is 5.76 Å². The van der Waals surface area contributed by atoms with Crippen molar-refractivity contribution in [2.75, 3.05) is 0 Å². The van der Waals surface area contributed by atoms with Crippen molar-refractivity contribution in [3.8, 4) is 11.3 Å². The van der Waals surface area contributed by atoms with Gasteiger partial charge in [-0.25, -0.2) is 0 Å². The van der Waals surface area contributed by atoms with Crippen LogP contribution in [0, 0.1) is 17.0 Å². The third-order valence-corrected chi connectivity index (χ3v) is 2.09. The Morgan fingerprint density at radius 1 is 1.27 bits per heavy atom. The first-order valence-corrected chi connectivity index (χ1v) is 4.47. The number of hydrogen-bond acceptors (Lipinski definition) is 3. The first-order chi connectivity index (χ1) is 7.16. The molecule has 0 aliphatic heterocycles. The van der Waals surface area contributed by atoms with E-state index in [1.807, 2.05) is 13.0 Å². The summed E-state index contributed by atoms with van der Waals surface area (Å²) in [5.74, 6) is 0.724. The second-order valence-corrected chi connectivity index (χ2v) is 3.29. The highest BCUT2D eigenvalue weighted by molar-refractivity contribution is 5.59. The molecular formula is C11H9NO3. The topological polar surface area (TPSA) is 56.3 Å². The van der Waals surface area contributed by atoms with Gasteiger partial charge in [0.2, 0.25) is 0 Å². The Bertz CT molecular complexity index is 485. The SMILES string of the molecule is Cc1coc(-c2ccc([N+](=O)[O-])cc2)c1. The summed E-state index contributed by atoms with van der Waals surface area (Å²) >= 11 is 0. The molecule has 0 aliphatic carbocycles. The van der Waals surface area contributed by atoms with E-state index in [-0.39, 0.29) is 5.69 Å². The van der Waals surface area contributed by atoms with Crippen LogP contribution in [0.5, 0.6) is 0 Å². The van der Waals surface area contributed by atoms with Crippen LogP contribution in [0.1, 0.15) is 5.56 Å². The van der Waals surface area contributed by atoms with E-state index in [2.05, 4.69) is 0 Å². The summed E-state index contributed by atoms with van der Waals surface area (Å²) < 4.78 is 5.28. The van der Waals surface area contributed by atoms with Gasteiger partial charge in [-0.3, -0.25) is 10.1 Å². The van der Waals surface area contributed by atoms with Crippen LogP contribution in [0.15, 0.2) is 41.0 Å². The maximum atomic E-state index is 10.4. The zero-order valence-electron chi connectivity index (χ0n) is 8.14. The van der Waals surface area contributed by atoms with Crippen LogP contribution >= 0.6 is 0 Å². The van der Waals surface area contributed by atoms with E-state index in [1.165, 1.54) is 12.1 Å². The minimum atomic E-state index is -0.419. The molecule has 0 saturated heterocycles. The highest BCUT2D eigenvalue weighted by atomic mass is 16.6. The number of nitro benzene ring substituents is 1. The summed E-state index contributed by atoms with van der Waals surface area (Å²) in [5, 5.41) is 10.4. The Morgan fingerprint density at radius 3 is 2.40 bits per heavy atom. The lowest BCUT2D eigenvalue weighted by molar-refractivity contribution is -0.384. The predicted molar refractivity (Wildman–Crippen MR) is 55.5 cm³/mol. The second kappa shape index (κ2) is 3.57. The molecule has 2 rings (SSSR count). The largest absolute Gasteiger partial charge is 0.464 e. The molecule has 0 spiro atoms. The molecule has 2 aromatic rings. The minimum Gasteiger partial charge on any atom is -0.464 e. The van der Waals surface area contributed by atoms with Gasteiger partial charge in [0.15, 0.2) is 0 Å².